The van der Waals surface area contributed by atoms with Crippen molar-refractivity contribution in [1.29, 1.82) is 0 Å². The van der Waals surface area contributed by atoms with E-state index in [1.54, 1.807) is 42.9 Å². The molecule has 0 aliphatic heterocycles. The molecule has 0 unspecified atom stereocenters. The van der Waals surface area contributed by atoms with Crippen LogP contribution in [0.3, 0.4) is 0 Å². The van der Waals surface area contributed by atoms with Crippen molar-refractivity contribution in [3.8, 4) is 17.2 Å². The molecule has 0 bridgehead atoms. The number of hydrogen-bond donors (Lipinski definition) is 0. The van der Waals surface area contributed by atoms with E-state index in [9.17, 15) is 4.79 Å². The summed E-state index contributed by atoms with van der Waals surface area (Å²) in [6.45, 7) is 3.52. The Hall–Kier alpha value is -2.96. The lowest BCUT2D eigenvalue weighted by atomic mass is 10.1. The summed E-state index contributed by atoms with van der Waals surface area (Å²) < 4.78 is 11.6. The van der Waals surface area contributed by atoms with Gasteiger partial charge in [0.15, 0.2) is 5.82 Å². The first-order valence-corrected chi connectivity index (χ1v) is 6.65. The lowest BCUT2D eigenvalue weighted by Crippen LogP contribution is -2.06. The third-order valence-electron chi connectivity index (χ3n) is 3.19. The Morgan fingerprint density at radius 2 is 2.14 bits per heavy atom. The zero-order valence-electron chi connectivity index (χ0n) is 12.4. The molecule has 0 amide bonds. The van der Waals surface area contributed by atoms with Gasteiger partial charge in [-0.05, 0) is 26.0 Å². The fourth-order valence-electron chi connectivity index (χ4n) is 2.23. The van der Waals surface area contributed by atoms with Gasteiger partial charge in [0, 0.05) is 12.3 Å². The predicted octanol–water partition coefficient (Wildman–Crippen LogP) is 2.33. The summed E-state index contributed by atoms with van der Waals surface area (Å²) in [5.74, 6) is 0.740. The van der Waals surface area contributed by atoms with Crippen LogP contribution in [-0.2, 0) is 4.74 Å². The molecular weight excluding hydrogens is 284 g/mol. The second kappa shape index (κ2) is 5.44. The van der Waals surface area contributed by atoms with E-state index in [0.717, 1.165) is 0 Å². The summed E-state index contributed by atoms with van der Waals surface area (Å²) in [4.78, 5) is 16.4. The third kappa shape index (κ3) is 2.26. The molecule has 3 heterocycles. The number of aryl methyl sites for hydroxylation is 2. The Kier molecular flexibility index (Phi) is 3.46. The Bertz CT molecular complexity index is 821. The molecule has 0 spiro atoms. The maximum absolute atomic E-state index is 12.1. The lowest BCUT2D eigenvalue weighted by Gasteiger charge is -2.05. The highest BCUT2D eigenvalue weighted by Crippen LogP contribution is 2.28. The van der Waals surface area contributed by atoms with Gasteiger partial charge in [0.2, 0.25) is 0 Å². The SMILES string of the molecule is COC(=O)c1c(C)nn(-c2ccccn2)c1-c1cc(C)on1. The largest absolute Gasteiger partial charge is 0.465 e. The van der Waals surface area contributed by atoms with Crippen LogP contribution in [0.25, 0.3) is 17.2 Å². The minimum atomic E-state index is -0.477. The number of hydrogen-bond acceptors (Lipinski definition) is 6. The van der Waals surface area contributed by atoms with Crippen LogP contribution < -0.4 is 0 Å². The van der Waals surface area contributed by atoms with Gasteiger partial charge in [0.1, 0.15) is 22.7 Å². The first-order valence-electron chi connectivity index (χ1n) is 6.65. The number of nitrogens with zero attached hydrogens (tertiary/aromatic N) is 4. The molecule has 3 aromatic heterocycles. The number of esters is 1. The van der Waals surface area contributed by atoms with E-state index >= 15 is 0 Å². The summed E-state index contributed by atoms with van der Waals surface area (Å²) in [6.07, 6.45) is 1.65. The summed E-state index contributed by atoms with van der Waals surface area (Å²) >= 11 is 0. The monoisotopic (exact) mass is 298 g/mol. The average molecular weight is 298 g/mol. The van der Waals surface area contributed by atoms with Crippen molar-refractivity contribution >= 4 is 5.97 Å². The molecule has 7 heteroatoms. The van der Waals surface area contributed by atoms with E-state index in [1.807, 2.05) is 6.07 Å². The second-order valence-electron chi connectivity index (χ2n) is 4.72. The van der Waals surface area contributed by atoms with E-state index in [4.69, 9.17) is 9.26 Å². The Morgan fingerprint density at radius 1 is 1.32 bits per heavy atom. The highest BCUT2D eigenvalue weighted by molar-refractivity contribution is 5.97. The van der Waals surface area contributed by atoms with Gasteiger partial charge >= 0.3 is 5.97 Å². The van der Waals surface area contributed by atoms with Gasteiger partial charge in [-0.25, -0.2) is 14.5 Å². The zero-order chi connectivity index (χ0) is 15.7. The van der Waals surface area contributed by atoms with Crippen molar-refractivity contribution < 1.29 is 14.1 Å². The van der Waals surface area contributed by atoms with E-state index in [1.165, 1.54) is 7.11 Å². The van der Waals surface area contributed by atoms with Crippen molar-refractivity contribution in [3.63, 3.8) is 0 Å². The molecule has 0 aliphatic carbocycles. The summed E-state index contributed by atoms with van der Waals surface area (Å²) in [5.41, 5.74) is 1.89. The number of carbonyl (C=O) groups is 1. The fraction of sp³-hybridized carbons (Fsp3) is 0.200. The minimum absolute atomic E-state index is 0.349. The van der Waals surface area contributed by atoms with Crippen molar-refractivity contribution in [1.82, 2.24) is 19.9 Å². The van der Waals surface area contributed by atoms with Crippen molar-refractivity contribution in [2.45, 2.75) is 13.8 Å². The Balaban J connectivity index is 2.29. The molecule has 0 radical (unpaired) electrons. The topological polar surface area (TPSA) is 83.0 Å². The molecule has 0 saturated carbocycles. The second-order valence-corrected chi connectivity index (χ2v) is 4.72. The molecule has 0 saturated heterocycles. The molecule has 0 fully saturated rings. The number of pyridine rings is 1. The molecule has 3 rings (SSSR count). The molecule has 0 aromatic carbocycles. The first kappa shape index (κ1) is 14.0. The Morgan fingerprint density at radius 3 is 2.73 bits per heavy atom. The summed E-state index contributed by atoms with van der Waals surface area (Å²) in [7, 11) is 1.33. The van der Waals surface area contributed by atoms with Crippen LogP contribution >= 0.6 is 0 Å². The van der Waals surface area contributed by atoms with Gasteiger partial charge < -0.3 is 9.26 Å². The number of aromatic nitrogens is 4. The quantitative estimate of drug-likeness (QED) is 0.690. The smallest absolute Gasteiger partial charge is 0.342 e. The van der Waals surface area contributed by atoms with Crippen LogP contribution in [-0.4, -0.2) is 33.0 Å². The standard InChI is InChI=1S/C15H14N4O3/c1-9-8-11(18-22-9)14-13(15(20)21-3)10(2)17-19(14)12-6-4-5-7-16-12/h4-8H,1-3H3. The van der Waals surface area contributed by atoms with Gasteiger partial charge in [-0.2, -0.15) is 5.10 Å². The number of carbonyl (C=O) groups excluding carboxylic acids is 1. The van der Waals surface area contributed by atoms with Crippen LogP contribution in [0.5, 0.6) is 0 Å². The predicted molar refractivity (Wildman–Crippen MR) is 77.7 cm³/mol. The zero-order valence-corrected chi connectivity index (χ0v) is 12.4. The number of rotatable bonds is 3. The van der Waals surface area contributed by atoms with E-state index in [-0.39, 0.29) is 0 Å². The third-order valence-corrected chi connectivity index (χ3v) is 3.19. The molecule has 3 aromatic rings. The first-order chi connectivity index (χ1) is 10.6. The summed E-state index contributed by atoms with van der Waals surface area (Å²) in [5, 5.41) is 8.40. The van der Waals surface area contributed by atoms with Gasteiger partial charge in [0.25, 0.3) is 0 Å². The Labute approximate surface area is 126 Å². The van der Waals surface area contributed by atoms with Gasteiger partial charge in [-0.15, -0.1) is 0 Å². The highest BCUT2D eigenvalue weighted by Gasteiger charge is 2.26. The van der Waals surface area contributed by atoms with E-state index in [2.05, 4.69) is 15.2 Å². The van der Waals surface area contributed by atoms with Gasteiger partial charge in [0.05, 0.1) is 12.8 Å². The maximum Gasteiger partial charge on any atom is 0.342 e. The average Bonchev–Trinajstić information content (AvgIpc) is 3.10. The van der Waals surface area contributed by atoms with Gasteiger partial charge in [-0.3, -0.25) is 0 Å². The molecule has 7 nitrogen and oxygen atoms in total. The maximum atomic E-state index is 12.1. The fourth-order valence-corrected chi connectivity index (χ4v) is 2.23. The van der Waals surface area contributed by atoms with Crippen LogP contribution in [0.2, 0.25) is 0 Å². The van der Waals surface area contributed by atoms with Crippen LogP contribution in [0.4, 0.5) is 0 Å². The van der Waals surface area contributed by atoms with Crippen molar-refractivity contribution in [3.05, 3.63) is 47.5 Å². The molecule has 112 valence electrons. The molecule has 22 heavy (non-hydrogen) atoms. The molecule has 0 N–H and O–H groups in total. The van der Waals surface area contributed by atoms with Gasteiger partial charge in [-0.1, -0.05) is 11.2 Å². The van der Waals surface area contributed by atoms with Crippen LogP contribution in [0.15, 0.2) is 35.0 Å². The van der Waals surface area contributed by atoms with E-state index in [0.29, 0.717) is 34.2 Å². The molecule has 0 atom stereocenters. The molecular formula is C15H14N4O3. The van der Waals surface area contributed by atoms with Crippen LogP contribution in [0, 0.1) is 13.8 Å². The number of methoxy groups -OCH3 is 1. The van der Waals surface area contributed by atoms with E-state index < -0.39 is 5.97 Å². The highest BCUT2D eigenvalue weighted by atomic mass is 16.5. The normalized spacial score (nSPS) is 10.7. The molecule has 0 aliphatic rings. The summed E-state index contributed by atoms with van der Waals surface area (Å²) in [6, 6.07) is 7.18. The van der Waals surface area contributed by atoms with Crippen molar-refractivity contribution in [2.75, 3.05) is 7.11 Å². The van der Waals surface area contributed by atoms with Crippen LogP contribution in [0.1, 0.15) is 21.8 Å². The van der Waals surface area contributed by atoms with Crippen molar-refractivity contribution in [2.24, 2.45) is 0 Å². The lowest BCUT2D eigenvalue weighted by molar-refractivity contribution is 0.0601. The minimum Gasteiger partial charge on any atom is -0.465 e. The number of ether oxygens (including phenoxy) is 1.